The third kappa shape index (κ3) is 3.64. The molecule has 3 rings (SSSR count). The molecular weight excluding hydrogens is 347 g/mol. The third-order valence-corrected chi connectivity index (χ3v) is 5.98. The molecule has 2 aromatic rings. The fourth-order valence-corrected chi connectivity index (χ4v) is 4.46. The summed E-state index contributed by atoms with van der Waals surface area (Å²) in [5, 5.41) is 11.9. The number of anilines is 1. The summed E-state index contributed by atoms with van der Waals surface area (Å²) in [5.41, 5.74) is 0.467. The molecule has 0 aliphatic carbocycles. The molecule has 1 aliphatic heterocycles. The number of carbonyl (C=O) groups is 1. The van der Waals surface area contributed by atoms with E-state index in [0.29, 0.717) is 18.5 Å². The number of halogens is 1. The molecule has 0 spiro atoms. The van der Waals surface area contributed by atoms with Gasteiger partial charge < -0.3 is 10.4 Å². The molecule has 0 radical (unpaired) electrons. The maximum atomic E-state index is 13.0. The summed E-state index contributed by atoms with van der Waals surface area (Å²) in [6.07, 6.45) is 0.971. The van der Waals surface area contributed by atoms with Crippen molar-refractivity contribution >= 4 is 21.6 Å². The average molecular weight is 364 g/mol. The number of nitrogens with one attached hydrogen (secondary N) is 1. The van der Waals surface area contributed by atoms with Crippen LogP contribution in [0, 0.1) is 5.82 Å². The molecule has 0 unspecified atom stereocenters. The van der Waals surface area contributed by atoms with Crippen LogP contribution in [0.5, 0.6) is 5.75 Å². The minimum absolute atomic E-state index is 0.0433. The van der Waals surface area contributed by atoms with Crippen LogP contribution in [0.3, 0.4) is 0 Å². The molecule has 132 valence electrons. The van der Waals surface area contributed by atoms with Crippen molar-refractivity contribution in [1.82, 2.24) is 4.31 Å². The van der Waals surface area contributed by atoms with Crippen LogP contribution in [-0.4, -0.2) is 36.3 Å². The second-order valence-electron chi connectivity index (χ2n) is 5.76. The highest BCUT2D eigenvalue weighted by molar-refractivity contribution is 7.89. The van der Waals surface area contributed by atoms with Crippen molar-refractivity contribution in [1.29, 1.82) is 0 Å². The van der Waals surface area contributed by atoms with Crippen molar-refractivity contribution in [2.24, 2.45) is 0 Å². The van der Waals surface area contributed by atoms with Crippen LogP contribution >= 0.6 is 0 Å². The number of phenolic OH excluding ortho intramolecular Hbond substituents is 1. The van der Waals surface area contributed by atoms with E-state index in [1.807, 2.05) is 0 Å². The standard InChI is InChI=1S/C17H17FN2O4S/c18-12-3-9-15(10-4-12)25(23,24)20-11-1-2-16(20)17(22)19-13-5-7-14(21)8-6-13/h3-10,16,21H,1-2,11H2,(H,19,22)/t16-/m0/s1. The number of sulfonamides is 1. The predicted molar refractivity (Wildman–Crippen MR) is 90.1 cm³/mol. The molecule has 0 bridgehead atoms. The molecule has 2 aromatic carbocycles. The molecule has 6 nitrogen and oxygen atoms in total. The van der Waals surface area contributed by atoms with E-state index in [1.165, 1.54) is 36.4 Å². The van der Waals surface area contributed by atoms with Gasteiger partial charge in [0.1, 0.15) is 17.6 Å². The van der Waals surface area contributed by atoms with E-state index >= 15 is 0 Å². The van der Waals surface area contributed by atoms with Crippen LogP contribution in [0.15, 0.2) is 53.4 Å². The Morgan fingerprint density at radius 1 is 1.12 bits per heavy atom. The summed E-state index contributed by atoms with van der Waals surface area (Å²) in [6.45, 7) is 0.230. The van der Waals surface area contributed by atoms with Gasteiger partial charge in [-0.25, -0.2) is 12.8 Å². The van der Waals surface area contributed by atoms with Crippen LogP contribution in [0.1, 0.15) is 12.8 Å². The number of carbonyl (C=O) groups excluding carboxylic acids is 1. The van der Waals surface area contributed by atoms with Crippen LogP contribution in [0.25, 0.3) is 0 Å². The topological polar surface area (TPSA) is 86.7 Å². The number of nitrogens with zero attached hydrogens (tertiary/aromatic N) is 1. The molecule has 0 saturated carbocycles. The van der Waals surface area contributed by atoms with E-state index in [0.717, 1.165) is 16.4 Å². The summed E-state index contributed by atoms with van der Waals surface area (Å²) >= 11 is 0. The lowest BCUT2D eigenvalue weighted by Crippen LogP contribution is -2.43. The molecule has 8 heteroatoms. The molecule has 1 heterocycles. The van der Waals surface area contributed by atoms with Crippen LogP contribution in [0.4, 0.5) is 10.1 Å². The van der Waals surface area contributed by atoms with E-state index < -0.39 is 27.8 Å². The van der Waals surface area contributed by atoms with E-state index in [1.54, 1.807) is 0 Å². The predicted octanol–water partition coefficient (Wildman–Crippen LogP) is 2.32. The van der Waals surface area contributed by atoms with Crippen LogP contribution in [0.2, 0.25) is 0 Å². The number of phenols is 1. The number of aromatic hydroxyl groups is 1. The molecule has 1 saturated heterocycles. The Kier molecular flexibility index (Phi) is 4.73. The fraction of sp³-hybridized carbons (Fsp3) is 0.235. The summed E-state index contributed by atoms with van der Waals surface area (Å²) < 4.78 is 39.7. The van der Waals surface area contributed by atoms with Gasteiger partial charge in [-0.15, -0.1) is 0 Å². The summed E-state index contributed by atoms with van der Waals surface area (Å²) in [5.74, 6) is -0.893. The largest absolute Gasteiger partial charge is 0.508 e. The first kappa shape index (κ1) is 17.4. The molecule has 1 fully saturated rings. The highest BCUT2D eigenvalue weighted by Gasteiger charge is 2.39. The molecule has 0 aromatic heterocycles. The molecule has 25 heavy (non-hydrogen) atoms. The maximum absolute atomic E-state index is 13.0. The highest BCUT2D eigenvalue weighted by Crippen LogP contribution is 2.27. The van der Waals surface area contributed by atoms with E-state index in [4.69, 9.17) is 0 Å². The van der Waals surface area contributed by atoms with Crippen molar-refractivity contribution in [3.05, 3.63) is 54.3 Å². The summed E-state index contributed by atoms with van der Waals surface area (Å²) in [7, 11) is -3.88. The Morgan fingerprint density at radius 3 is 2.40 bits per heavy atom. The Hall–Kier alpha value is -2.45. The normalized spacial score (nSPS) is 18.2. The van der Waals surface area contributed by atoms with Crippen molar-refractivity contribution in [2.45, 2.75) is 23.8 Å². The van der Waals surface area contributed by atoms with Gasteiger partial charge in [-0.3, -0.25) is 4.79 Å². The van der Waals surface area contributed by atoms with Crippen LogP contribution in [-0.2, 0) is 14.8 Å². The number of hydrogen-bond donors (Lipinski definition) is 2. The van der Waals surface area contributed by atoms with Crippen molar-refractivity contribution in [3.8, 4) is 5.75 Å². The zero-order valence-electron chi connectivity index (χ0n) is 13.2. The van der Waals surface area contributed by atoms with Gasteiger partial charge in [0.05, 0.1) is 4.90 Å². The Bertz CT molecular complexity index is 867. The second kappa shape index (κ2) is 6.81. The van der Waals surface area contributed by atoms with E-state index in [-0.39, 0.29) is 17.2 Å². The SMILES string of the molecule is O=C(Nc1ccc(O)cc1)[C@@H]1CCCN1S(=O)(=O)c1ccc(F)cc1. The smallest absolute Gasteiger partial charge is 0.243 e. The Labute approximate surface area is 144 Å². The monoisotopic (exact) mass is 364 g/mol. The first-order valence-corrected chi connectivity index (χ1v) is 9.19. The van der Waals surface area contributed by atoms with Gasteiger partial charge in [-0.05, 0) is 61.4 Å². The minimum Gasteiger partial charge on any atom is -0.508 e. The number of rotatable bonds is 4. The van der Waals surface area contributed by atoms with Gasteiger partial charge in [0, 0.05) is 12.2 Å². The van der Waals surface area contributed by atoms with Crippen molar-refractivity contribution < 1.29 is 22.7 Å². The molecule has 2 N–H and O–H groups in total. The van der Waals surface area contributed by atoms with E-state index in [2.05, 4.69) is 5.32 Å². The van der Waals surface area contributed by atoms with Gasteiger partial charge in [-0.2, -0.15) is 4.31 Å². The summed E-state index contributed by atoms with van der Waals surface area (Å²) in [6, 6.07) is 9.62. The molecular formula is C17H17FN2O4S. The number of hydrogen-bond acceptors (Lipinski definition) is 4. The molecule has 1 atom stereocenters. The number of benzene rings is 2. The fourth-order valence-electron chi connectivity index (χ4n) is 2.80. The zero-order chi connectivity index (χ0) is 18.0. The van der Waals surface area contributed by atoms with Gasteiger partial charge in [0.15, 0.2) is 0 Å². The first-order valence-electron chi connectivity index (χ1n) is 7.75. The maximum Gasteiger partial charge on any atom is 0.243 e. The Balaban J connectivity index is 1.80. The van der Waals surface area contributed by atoms with Gasteiger partial charge in [0.2, 0.25) is 15.9 Å². The lowest BCUT2D eigenvalue weighted by Gasteiger charge is -2.23. The van der Waals surface area contributed by atoms with Crippen molar-refractivity contribution in [3.63, 3.8) is 0 Å². The lowest BCUT2D eigenvalue weighted by atomic mass is 10.2. The summed E-state index contributed by atoms with van der Waals surface area (Å²) in [4.78, 5) is 12.5. The molecule has 1 amide bonds. The molecule has 1 aliphatic rings. The van der Waals surface area contributed by atoms with Gasteiger partial charge >= 0.3 is 0 Å². The lowest BCUT2D eigenvalue weighted by molar-refractivity contribution is -0.119. The minimum atomic E-state index is -3.88. The zero-order valence-corrected chi connectivity index (χ0v) is 14.0. The van der Waals surface area contributed by atoms with Crippen molar-refractivity contribution in [2.75, 3.05) is 11.9 Å². The third-order valence-electron chi connectivity index (χ3n) is 4.06. The van der Waals surface area contributed by atoms with E-state index in [9.17, 15) is 22.7 Å². The van der Waals surface area contributed by atoms with Gasteiger partial charge in [0.25, 0.3) is 0 Å². The van der Waals surface area contributed by atoms with Gasteiger partial charge in [-0.1, -0.05) is 0 Å². The highest BCUT2D eigenvalue weighted by atomic mass is 32.2. The quantitative estimate of drug-likeness (QED) is 0.815. The average Bonchev–Trinajstić information content (AvgIpc) is 3.08. The first-order chi connectivity index (χ1) is 11.9. The number of amides is 1. The van der Waals surface area contributed by atoms with Crippen LogP contribution < -0.4 is 5.32 Å². The second-order valence-corrected chi connectivity index (χ2v) is 7.65. The Morgan fingerprint density at radius 2 is 1.76 bits per heavy atom.